The molecule has 1 aliphatic heterocycles. The van der Waals surface area contributed by atoms with Crippen molar-refractivity contribution in [3.63, 3.8) is 0 Å². The van der Waals surface area contributed by atoms with E-state index < -0.39 is 17.8 Å². The van der Waals surface area contributed by atoms with Crippen LogP contribution in [0, 0.1) is 0 Å². The number of hydrogen-bond acceptors (Lipinski definition) is 1. The lowest BCUT2D eigenvalue weighted by molar-refractivity contribution is -0.136. The van der Waals surface area contributed by atoms with Crippen LogP contribution in [-0.4, -0.2) is 15.5 Å². The zero-order valence-corrected chi connectivity index (χ0v) is 15.1. The van der Waals surface area contributed by atoms with Crippen molar-refractivity contribution in [1.29, 1.82) is 0 Å². The van der Waals surface area contributed by atoms with Crippen molar-refractivity contribution in [3.8, 4) is 5.69 Å². The summed E-state index contributed by atoms with van der Waals surface area (Å²) < 4.78 is 41.8. The van der Waals surface area contributed by atoms with Gasteiger partial charge in [0.15, 0.2) is 0 Å². The number of amides is 2. The van der Waals surface area contributed by atoms with Gasteiger partial charge >= 0.3 is 12.2 Å². The highest BCUT2D eigenvalue weighted by molar-refractivity contribution is 5.90. The number of fused-ring (bicyclic) bond motifs is 3. The standard InChI is InChI=1S/C21H18F3N3O/c1-14-18-11-6-12-26(18)19-10-5-2-7-15(19)13-27(14)20(28)25-17-9-4-3-8-16(17)21(22,23)24/h2-12,14H,13H2,1H3,(H,25,28)/t14-/m0/s1. The van der Waals surface area contributed by atoms with E-state index in [-0.39, 0.29) is 11.7 Å². The first-order valence-corrected chi connectivity index (χ1v) is 8.85. The second-order valence-electron chi connectivity index (χ2n) is 6.71. The van der Waals surface area contributed by atoms with Gasteiger partial charge in [0.25, 0.3) is 0 Å². The van der Waals surface area contributed by atoms with Crippen LogP contribution < -0.4 is 5.32 Å². The van der Waals surface area contributed by atoms with E-state index >= 15 is 0 Å². The number of hydrogen-bond donors (Lipinski definition) is 1. The number of rotatable bonds is 1. The van der Waals surface area contributed by atoms with Crippen LogP contribution in [-0.2, 0) is 12.7 Å². The summed E-state index contributed by atoms with van der Waals surface area (Å²) in [5, 5.41) is 2.46. The van der Waals surface area contributed by atoms with Crippen LogP contribution in [0.25, 0.3) is 5.69 Å². The highest BCUT2D eigenvalue weighted by atomic mass is 19.4. The Morgan fingerprint density at radius 2 is 1.75 bits per heavy atom. The molecule has 2 heterocycles. The number of halogens is 3. The molecule has 2 aromatic carbocycles. The fourth-order valence-corrected chi connectivity index (χ4v) is 3.59. The molecule has 1 N–H and O–H groups in total. The molecule has 1 aromatic heterocycles. The van der Waals surface area contributed by atoms with E-state index in [0.29, 0.717) is 6.54 Å². The Labute approximate surface area is 160 Å². The van der Waals surface area contributed by atoms with E-state index in [2.05, 4.69) is 5.32 Å². The second kappa shape index (κ2) is 6.74. The minimum Gasteiger partial charge on any atom is -0.318 e. The van der Waals surface area contributed by atoms with E-state index in [1.165, 1.54) is 18.2 Å². The van der Waals surface area contributed by atoms with E-state index in [4.69, 9.17) is 0 Å². The third-order valence-corrected chi connectivity index (χ3v) is 5.00. The molecule has 3 aromatic rings. The van der Waals surface area contributed by atoms with Crippen molar-refractivity contribution < 1.29 is 18.0 Å². The molecule has 0 bridgehead atoms. The normalized spacial score (nSPS) is 16.1. The summed E-state index contributed by atoms with van der Waals surface area (Å²) in [5.41, 5.74) is 1.66. The monoisotopic (exact) mass is 385 g/mol. The van der Waals surface area contributed by atoms with Gasteiger partial charge < -0.3 is 14.8 Å². The average molecular weight is 385 g/mol. The van der Waals surface area contributed by atoms with Crippen LogP contribution in [0.3, 0.4) is 0 Å². The Hall–Kier alpha value is -3.22. The van der Waals surface area contributed by atoms with Crippen molar-refractivity contribution in [2.75, 3.05) is 5.32 Å². The van der Waals surface area contributed by atoms with Gasteiger partial charge in [-0.15, -0.1) is 0 Å². The molecular formula is C21H18F3N3O. The number of para-hydroxylation sites is 2. The first kappa shape index (κ1) is 18.2. The van der Waals surface area contributed by atoms with Crippen LogP contribution >= 0.6 is 0 Å². The quantitative estimate of drug-likeness (QED) is 0.581. The Morgan fingerprint density at radius 3 is 2.54 bits per heavy atom. The molecule has 1 aliphatic rings. The fraction of sp³-hybridized carbons (Fsp3) is 0.190. The van der Waals surface area contributed by atoms with Crippen molar-refractivity contribution in [3.05, 3.63) is 83.7 Å². The Morgan fingerprint density at radius 1 is 1.04 bits per heavy atom. The number of nitrogens with one attached hydrogen (secondary N) is 1. The SMILES string of the molecule is C[C@H]1c2cccn2-c2ccccc2CN1C(=O)Nc1ccccc1C(F)(F)F. The maximum Gasteiger partial charge on any atom is 0.418 e. The molecule has 7 heteroatoms. The fourth-order valence-electron chi connectivity index (χ4n) is 3.59. The van der Waals surface area contributed by atoms with E-state index in [9.17, 15) is 18.0 Å². The maximum atomic E-state index is 13.3. The van der Waals surface area contributed by atoms with Crippen LogP contribution in [0.4, 0.5) is 23.7 Å². The Kier molecular flexibility index (Phi) is 4.37. The number of anilines is 1. The van der Waals surface area contributed by atoms with E-state index in [1.807, 2.05) is 54.1 Å². The van der Waals surface area contributed by atoms with Crippen LogP contribution in [0.2, 0.25) is 0 Å². The molecule has 0 aliphatic carbocycles. The topological polar surface area (TPSA) is 37.3 Å². The summed E-state index contributed by atoms with van der Waals surface area (Å²) in [6.45, 7) is 2.16. The zero-order chi connectivity index (χ0) is 19.9. The Bertz CT molecular complexity index is 1030. The third kappa shape index (κ3) is 3.13. The smallest absolute Gasteiger partial charge is 0.318 e. The molecule has 2 amide bonds. The predicted octanol–water partition coefficient (Wildman–Crippen LogP) is 5.60. The van der Waals surface area contributed by atoms with Gasteiger partial charge in [-0.25, -0.2) is 4.79 Å². The van der Waals surface area contributed by atoms with Gasteiger partial charge in [0.05, 0.1) is 29.5 Å². The summed E-state index contributed by atoms with van der Waals surface area (Å²) in [6.07, 6.45) is -2.62. The molecule has 0 saturated carbocycles. The number of nitrogens with zero attached hydrogens (tertiary/aromatic N) is 2. The highest BCUT2D eigenvalue weighted by Crippen LogP contribution is 2.36. The van der Waals surface area contributed by atoms with Gasteiger partial charge in [-0.2, -0.15) is 13.2 Å². The predicted molar refractivity (Wildman–Crippen MR) is 100 cm³/mol. The summed E-state index contributed by atoms with van der Waals surface area (Å²) >= 11 is 0. The zero-order valence-electron chi connectivity index (χ0n) is 15.1. The van der Waals surface area contributed by atoms with Gasteiger partial charge in [-0.3, -0.25) is 0 Å². The van der Waals surface area contributed by atoms with Crippen LogP contribution in [0.1, 0.15) is 29.8 Å². The number of carbonyl (C=O) groups is 1. The minimum absolute atomic E-state index is 0.250. The Balaban J connectivity index is 1.70. The first-order chi connectivity index (χ1) is 13.4. The van der Waals surface area contributed by atoms with Crippen LogP contribution in [0.5, 0.6) is 0 Å². The molecule has 4 nitrogen and oxygen atoms in total. The second-order valence-corrected chi connectivity index (χ2v) is 6.71. The van der Waals surface area contributed by atoms with Crippen molar-refractivity contribution >= 4 is 11.7 Å². The molecule has 0 radical (unpaired) electrons. The van der Waals surface area contributed by atoms with Gasteiger partial charge in [0.2, 0.25) is 0 Å². The number of urea groups is 1. The highest BCUT2D eigenvalue weighted by Gasteiger charge is 2.35. The van der Waals surface area contributed by atoms with Gasteiger partial charge in [0.1, 0.15) is 0 Å². The molecule has 0 unspecified atom stereocenters. The van der Waals surface area contributed by atoms with Gasteiger partial charge in [-0.05, 0) is 42.8 Å². The number of alkyl halides is 3. The minimum atomic E-state index is -4.55. The number of aromatic nitrogens is 1. The number of benzene rings is 2. The van der Waals surface area contributed by atoms with Gasteiger partial charge in [-0.1, -0.05) is 30.3 Å². The molecule has 144 valence electrons. The van der Waals surface area contributed by atoms with E-state index in [0.717, 1.165) is 23.0 Å². The molecule has 0 saturated heterocycles. The summed E-state index contributed by atoms with van der Waals surface area (Å²) in [7, 11) is 0. The summed E-state index contributed by atoms with van der Waals surface area (Å²) in [4.78, 5) is 14.5. The molecule has 0 spiro atoms. The van der Waals surface area contributed by atoms with Gasteiger partial charge in [0, 0.05) is 11.9 Å². The average Bonchev–Trinajstić information content (AvgIpc) is 3.11. The lowest BCUT2D eigenvalue weighted by Crippen LogP contribution is -2.36. The molecule has 0 fully saturated rings. The third-order valence-electron chi connectivity index (χ3n) is 5.00. The molecule has 4 rings (SSSR count). The summed E-state index contributed by atoms with van der Waals surface area (Å²) in [5.74, 6) is 0. The molecular weight excluding hydrogens is 367 g/mol. The lowest BCUT2D eigenvalue weighted by Gasteiger charge is -2.28. The molecule has 28 heavy (non-hydrogen) atoms. The van der Waals surface area contributed by atoms with Crippen molar-refractivity contribution in [1.82, 2.24) is 9.47 Å². The van der Waals surface area contributed by atoms with Crippen molar-refractivity contribution in [2.45, 2.75) is 25.7 Å². The summed E-state index contributed by atoms with van der Waals surface area (Å²) in [6, 6.07) is 15.6. The first-order valence-electron chi connectivity index (χ1n) is 8.85. The maximum absolute atomic E-state index is 13.3. The lowest BCUT2D eigenvalue weighted by atomic mass is 10.1. The van der Waals surface area contributed by atoms with E-state index in [1.54, 1.807) is 4.90 Å². The largest absolute Gasteiger partial charge is 0.418 e. The molecule has 1 atom stereocenters. The number of carbonyl (C=O) groups excluding carboxylic acids is 1. The van der Waals surface area contributed by atoms with Crippen molar-refractivity contribution in [2.24, 2.45) is 0 Å². The van der Waals surface area contributed by atoms with Crippen LogP contribution in [0.15, 0.2) is 66.9 Å².